The van der Waals surface area contributed by atoms with Crippen LogP contribution in [0.5, 0.6) is 5.75 Å². The van der Waals surface area contributed by atoms with E-state index < -0.39 is 0 Å². The van der Waals surface area contributed by atoms with E-state index >= 15 is 0 Å². The molecule has 4 heteroatoms. The van der Waals surface area contributed by atoms with Crippen molar-refractivity contribution in [2.75, 3.05) is 27.2 Å². The van der Waals surface area contributed by atoms with Crippen LogP contribution >= 0.6 is 0 Å². The van der Waals surface area contributed by atoms with Crippen LogP contribution in [0, 0.1) is 0 Å². The van der Waals surface area contributed by atoms with E-state index in [0.29, 0.717) is 13.1 Å². The van der Waals surface area contributed by atoms with Gasteiger partial charge in [0.15, 0.2) is 6.54 Å². The maximum atomic E-state index is 12.0. The van der Waals surface area contributed by atoms with Crippen LogP contribution < -0.4 is 15.0 Å². The fourth-order valence-electron chi connectivity index (χ4n) is 2.52. The first-order valence-electron chi connectivity index (χ1n) is 7.92. The summed E-state index contributed by atoms with van der Waals surface area (Å²) in [6, 6.07) is 18.1. The van der Waals surface area contributed by atoms with Crippen molar-refractivity contribution < 1.29 is 14.4 Å². The first-order chi connectivity index (χ1) is 11.2. The van der Waals surface area contributed by atoms with Gasteiger partial charge in [-0.3, -0.25) is 4.79 Å². The molecule has 0 fully saturated rings. The number of hydrogen-bond acceptors (Lipinski definition) is 2. The molecule has 0 saturated carbocycles. The molecule has 4 nitrogen and oxygen atoms in total. The summed E-state index contributed by atoms with van der Waals surface area (Å²) in [5.41, 5.74) is 2.41. The van der Waals surface area contributed by atoms with Crippen LogP contribution in [0.4, 0.5) is 0 Å². The Morgan fingerprint density at radius 1 is 1.09 bits per heavy atom. The maximum absolute atomic E-state index is 12.0. The van der Waals surface area contributed by atoms with Crippen LogP contribution in [-0.4, -0.2) is 33.2 Å². The zero-order valence-corrected chi connectivity index (χ0v) is 13.8. The molecule has 23 heavy (non-hydrogen) atoms. The topological polar surface area (TPSA) is 42.8 Å². The van der Waals surface area contributed by atoms with E-state index in [1.165, 1.54) is 11.1 Å². The molecule has 0 aromatic heterocycles. The normalized spacial score (nSPS) is 11.7. The van der Waals surface area contributed by atoms with Gasteiger partial charge in [-0.15, -0.1) is 0 Å². The van der Waals surface area contributed by atoms with Crippen molar-refractivity contribution in [3.8, 4) is 5.75 Å². The molecule has 0 radical (unpaired) electrons. The predicted octanol–water partition coefficient (Wildman–Crippen LogP) is 1.07. The molecule has 1 atom stereocenters. The zero-order chi connectivity index (χ0) is 16.5. The average Bonchev–Trinajstić information content (AvgIpc) is 2.56. The van der Waals surface area contributed by atoms with Gasteiger partial charge in [-0.25, -0.2) is 0 Å². The molecular weight excluding hydrogens is 288 g/mol. The van der Waals surface area contributed by atoms with Gasteiger partial charge in [0.1, 0.15) is 12.3 Å². The highest BCUT2D eigenvalue weighted by molar-refractivity contribution is 5.76. The number of hydrogen-bond donors (Lipinski definition) is 2. The first-order valence-corrected chi connectivity index (χ1v) is 7.92. The summed E-state index contributed by atoms with van der Waals surface area (Å²) in [6.45, 7) is 1.94. The third-order valence-electron chi connectivity index (χ3n) is 3.68. The van der Waals surface area contributed by atoms with Crippen molar-refractivity contribution >= 4 is 5.91 Å². The summed E-state index contributed by atoms with van der Waals surface area (Å²) in [5.74, 6) is 0.934. The molecule has 0 aliphatic heterocycles. The van der Waals surface area contributed by atoms with Gasteiger partial charge in [0.2, 0.25) is 0 Å². The second-order valence-corrected chi connectivity index (χ2v) is 5.75. The second kappa shape index (κ2) is 8.96. The summed E-state index contributed by atoms with van der Waals surface area (Å²) in [4.78, 5) is 13.1. The molecule has 2 aromatic rings. The van der Waals surface area contributed by atoms with Gasteiger partial charge in [-0.1, -0.05) is 42.5 Å². The summed E-state index contributed by atoms with van der Waals surface area (Å²) in [6.07, 6.45) is 0.863. The van der Waals surface area contributed by atoms with Crippen LogP contribution in [0.25, 0.3) is 0 Å². The van der Waals surface area contributed by atoms with E-state index in [-0.39, 0.29) is 5.91 Å². The van der Waals surface area contributed by atoms with Gasteiger partial charge in [0, 0.05) is 12.1 Å². The Bertz CT molecular complexity index is 614. The highest BCUT2D eigenvalue weighted by Crippen LogP contribution is 2.11. The molecule has 0 heterocycles. The molecule has 0 aliphatic rings. The van der Waals surface area contributed by atoms with Crippen LogP contribution in [0.2, 0.25) is 0 Å². The number of amides is 1. The molecule has 0 bridgehead atoms. The van der Waals surface area contributed by atoms with E-state index in [9.17, 15) is 4.79 Å². The number of nitrogens with one attached hydrogen (secondary N) is 2. The van der Waals surface area contributed by atoms with Gasteiger partial charge in [-0.05, 0) is 24.1 Å². The second-order valence-electron chi connectivity index (χ2n) is 5.75. The molecule has 2 rings (SSSR count). The minimum Gasteiger partial charge on any atom is -0.497 e. The fraction of sp³-hybridized carbons (Fsp3) is 0.316. The van der Waals surface area contributed by atoms with Crippen LogP contribution in [0.1, 0.15) is 11.1 Å². The Kier molecular flexibility index (Phi) is 6.63. The maximum Gasteiger partial charge on any atom is 0.275 e. The molecule has 2 aromatic carbocycles. The van der Waals surface area contributed by atoms with Gasteiger partial charge in [0.25, 0.3) is 5.91 Å². The number of carbonyl (C=O) groups is 1. The Morgan fingerprint density at radius 2 is 1.83 bits per heavy atom. The highest BCUT2D eigenvalue weighted by Gasteiger charge is 2.10. The van der Waals surface area contributed by atoms with Crippen LogP contribution in [-0.2, 0) is 17.8 Å². The third kappa shape index (κ3) is 6.12. The number of ether oxygens (including phenoxy) is 1. The van der Waals surface area contributed by atoms with Crippen molar-refractivity contribution in [2.45, 2.75) is 13.0 Å². The van der Waals surface area contributed by atoms with Crippen LogP contribution in [0.3, 0.4) is 0 Å². The Hall–Kier alpha value is -2.33. The number of rotatable bonds is 8. The van der Waals surface area contributed by atoms with Gasteiger partial charge >= 0.3 is 0 Å². The SMILES string of the molecule is COc1cccc(C[NH+](C)CC(=O)NCCc2ccccc2)c1. The van der Waals surface area contributed by atoms with Crippen molar-refractivity contribution in [1.82, 2.24) is 5.32 Å². The van der Waals surface area contributed by atoms with Gasteiger partial charge < -0.3 is 15.0 Å². The fourth-order valence-corrected chi connectivity index (χ4v) is 2.52. The van der Waals surface area contributed by atoms with Crippen LogP contribution in [0.15, 0.2) is 54.6 Å². The van der Waals surface area contributed by atoms with Gasteiger partial charge in [0.05, 0.1) is 14.2 Å². The largest absolute Gasteiger partial charge is 0.497 e. The van der Waals surface area contributed by atoms with E-state index in [1.54, 1.807) is 7.11 Å². The molecule has 122 valence electrons. The predicted molar refractivity (Wildman–Crippen MR) is 91.6 cm³/mol. The van der Waals surface area contributed by atoms with Crippen molar-refractivity contribution in [3.63, 3.8) is 0 Å². The summed E-state index contributed by atoms with van der Waals surface area (Å²) in [7, 11) is 3.69. The van der Waals surface area contributed by atoms with E-state index in [0.717, 1.165) is 23.6 Å². The monoisotopic (exact) mass is 313 g/mol. The summed E-state index contributed by atoms with van der Waals surface area (Å²) in [5, 5.41) is 2.99. The molecule has 0 spiro atoms. The smallest absolute Gasteiger partial charge is 0.275 e. The summed E-state index contributed by atoms with van der Waals surface area (Å²) < 4.78 is 5.22. The molecule has 1 amide bonds. The number of quaternary nitrogens is 1. The molecule has 0 saturated heterocycles. The third-order valence-corrected chi connectivity index (χ3v) is 3.68. The Morgan fingerprint density at radius 3 is 2.57 bits per heavy atom. The van der Waals surface area contributed by atoms with Crippen molar-refractivity contribution in [3.05, 3.63) is 65.7 Å². The number of methoxy groups -OCH3 is 1. The Labute approximate surface area is 138 Å². The van der Waals surface area contributed by atoms with E-state index in [2.05, 4.69) is 23.5 Å². The molecular formula is C19H25N2O2+. The summed E-state index contributed by atoms with van der Waals surface area (Å²) >= 11 is 0. The van der Waals surface area contributed by atoms with Gasteiger partial charge in [-0.2, -0.15) is 0 Å². The van der Waals surface area contributed by atoms with E-state index in [4.69, 9.17) is 4.74 Å². The number of likely N-dealkylation sites (N-methyl/N-ethyl adjacent to an activating group) is 1. The van der Waals surface area contributed by atoms with Crippen molar-refractivity contribution in [2.24, 2.45) is 0 Å². The average molecular weight is 313 g/mol. The quantitative estimate of drug-likeness (QED) is 0.765. The minimum atomic E-state index is 0.0846. The standard InChI is InChI=1S/C19H24N2O2/c1-21(14-17-9-6-10-18(13-17)23-2)15-19(22)20-12-11-16-7-4-3-5-8-16/h3-10,13H,11-12,14-15H2,1-2H3,(H,20,22)/p+1. The minimum absolute atomic E-state index is 0.0846. The molecule has 1 unspecified atom stereocenters. The van der Waals surface area contributed by atoms with Crippen molar-refractivity contribution in [1.29, 1.82) is 0 Å². The number of benzene rings is 2. The first kappa shape index (κ1) is 17.0. The lowest BCUT2D eigenvalue weighted by Crippen LogP contribution is -3.08. The molecule has 2 N–H and O–H groups in total. The van der Waals surface area contributed by atoms with E-state index in [1.807, 2.05) is 43.4 Å². The lowest BCUT2D eigenvalue weighted by Gasteiger charge is -2.14. The lowest BCUT2D eigenvalue weighted by atomic mass is 10.1. The molecule has 0 aliphatic carbocycles. The lowest BCUT2D eigenvalue weighted by molar-refractivity contribution is -0.885. The number of carbonyl (C=O) groups excluding carboxylic acids is 1. The Balaban J connectivity index is 1.71. The zero-order valence-electron chi connectivity index (χ0n) is 13.8. The highest BCUT2D eigenvalue weighted by atomic mass is 16.5.